The van der Waals surface area contributed by atoms with Crippen LogP contribution in [0.5, 0.6) is 5.75 Å². The zero-order valence-electron chi connectivity index (χ0n) is 19.3. The third-order valence-corrected chi connectivity index (χ3v) is 7.48. The van der Waals surface area contributed by atoms with E-state index in [9.17, 15) is 4.79 Å². The highest BCUT2D eigenvalue weighted by Gasteiger charge is 2.21. The van der Waals surface area contributed by atoms with Crippen LogP contribution in [0, 0.1) is 0 Å². The molecule has 0 fully saturated rings. The van der Waals surface area contributed by atoms with Gasteiger partial charge in [-0.05, 0) is 36.1 Å². The smallest absolute Gasteiger partial charge is 0.310 e. The number of ether oxygens (including phenoxy) is 1. The van der Waals surface area contributed by atoms with E-state index in [1.54, 1.807) is 24.8 Å². The van der Waals surface area contributed by atoms with Crippen molar-refractivity contribution in [3.05, 3.63) is 94.5 Å². The molecule has 4 aromatic carbocycles. The molecule has 0 atom stereocenters. The maximum atomic E-state index is 12.2. The molecule has 0 spiro atoms. The minimum absolute atomic E-state index is 0.272. The SMILES string of the molecule is CCC(=O)Oc1c(Cl)cccc1-c1ccc2c3ccccc3n(Cc3ccc(Cl)cc3)c2c1SC. The summed E-state index contributed by atoms with van der Waals surface area (Å²) < 4.78 is 8.04. The first-order chi connectivity index (χ1) is 17.0. The molecular formula is C29H23Cl2NO2S. The van der Waals surface area contributed by atoms with Gasteiger partial charge in [0.15, 0.2) is 5.75 Å². The molecule has 176 valence electrons. The van der Waals surface area contributed by atoms with Crippen LogP contribution < -0.4 is 4.74 Å². The molecule has 0 amide bonds. The maximum absolute atomic E-state index is 12.2. The molecule has 1 aromatic heterocycles. The van der Waals surface area contributed by atoms with Crippen LogP contribution in [0.3, 0.4) is 0 Å². The number of nitrogens with zero attached hydrogens (tertiary/aromatic N) is 1. The van der Waals surface area contributed by atoms with E-state index in [1.807, 2.05) is 24.3 Å². The molecule has 0 aliphatic heterocycles. The number of fused-ring (bicyclic) bond motifs is 3. The van der Waals surface area contributed by atoms with Crippen LogP contribution >= 0.6 is 35.0 Å². The fraction of sp³-hybridized carbons (Fsp3) is 0.138. The first kappa shape index (κ1) is 23.8. The molecule has 0 aliphatic carbocycles. The molecule has 3 nitrogen and oxygen atoms in total. The molecular weight excluding hydrogens is 497 g/mol. The van der Waals surface area contributed by atoms with Crippen molar-refractivity contribution in [3.63, 3.8) is 0 Å². The molecule has 0 N–H and O–H groups in total. The zero-order chi connectivity index (χ0) is 24.5. The summed E-state index contributed by atoms with van der Waals surface area (Å²) >= 11 is 14.3. The third-order valence-electron chi connectivity index (χ3n) is 6.11. The van der Waals surface area contributed by atoms with E-state index in [0.717, 1.165) is 37.6 Å². The molecule has 0 bridgehead atoms. The van der Waals surface area contributed by atoms with Gasteiger partial charge in [-0.25, -0.2) is 0 Å². The second-order valence-corrected chi connectivity index (χ2v) is 9.88. The van der Waals surface area contributed by atoms with Crippen LogP contribution in [0.25, 0.3) is 32.9 Å². The lowest BCUT2D eigenvalue weighted by Gasteiger charge is -2.17. The molecule has 0 aliphatic rings. The number of halogens is 2. The summed E-state index contributed by atoms with van der Waals surface area (Å²) in [7, 11) is 0. The van der Waals surface area contributed by atoms with Crippen LogP contribution in [-0.2, 0) is 11.3 Å². The summed E-state index contributed by atoms with van der Waals surface area (Å²) in [6, 6.07) is 26.3. The van der Waals surface area contributed by atoms with Gasteiger partial charge in [0.2, 0.25) is 0 Å². The number of carbonyl (C=O) groups is 1. The summed E-state index contributed by atoms with van der Waals surface area (Å²) in [5.41, 5.74) is 5.24. The number of hydrogen-bond donors (Lipinski definition) is 0. The quantitative estimate of drug-likeness (QED) is 0.127. The average molecular weight is 520 g/mol. The van der Waals surface area contributed by atoms with Crippen molar-refractivity contribution < 1.29 is 9.53 Å². The van der Waals surface area contributed by atoms with Gasteiger partial charge in [-0.1, -0.05) is 84.7 Å². The predicted octanol–water partition coefficient (Wildman–Crippen LogP) is 8.85. The number of thioether (sulfide) groups is 1. The standard InChI is InChI=1S/C29H23Cl2NO2S/c1-3-26(33)34-28-22(8-6-9-24(28)31)23-16-15-21-20-7-4-5-10-25(20)32(27(21)29(23)35-2)17-18-11-13-19(30)14-12-18/h4-16H,3,17H2,1-2H3. The lowest BCUT2D eigenvalue weighted by atomic mass is 10.0. The summed E-state index contributed by atoms with van der Waals surface area (Å²) in [5.74, 6) is 0.0824. The molecule has 5 aromatic rings. The Kier molecular flexibility index (Phi) is 6.79. The van der Waals surface area contributed by atoms with Crippen molar-refractivity contribution in [3.8, 4) is 16.9 Å². The highest BCUT2D eigenvalue weighted by atomic mass is 35.5. The van der Waals surface area contributed by atoms with Crippen LogP contribution in [0.4, 0.5) is 0 Å². The molecule has 0 saturated carbocycles. The number of rotatable bonds is 6. The summed E-state index contributed by atoms with van der Waals surface area (Å²) in [6.07, 6.45) is 2.35. The Morgan fingerprint density at radius 2 is 1.66 bits per heavy atom. The van der Waals surface area contributed by atoms with Crippen molar-refractivity contribution in [2.45, 2.75) is 24.8 Å². The number of esters is 1. The van der Waals surface area contributed by atoms with Crippen molar-refractivity contribution in [2.75, 3.05) is 6.26 Å². The van der Waals surface area contributed by atoms with Gasteiger partial charge in [0.25, 0.3) is 0 Å². The van der Waals surface area contributed by atoms with Crippen molar-refractivity contribution >= 4 is 62.7 Å². The topological polar surface area (TPSA) is 31.2 Å². The number of para-hydroxylation sites is 2. The fourth-order valence-corrected chi connectivity index (χ4v) is 5.63. The molecule has 6 heteroatoms. The lowest BCUT2D eigenvalue weighted by Crippen LogP contribution is -2.07. The lowest BCUT2D eigenvalue weighted by molar-refractivity contribution is -0.133. The number of aromatic nitrogens is 1. The monoisotopic (exact) mass is 519 g/mol. The van der Waals surface area contributed by atoms with Gasteiger partial charge in [-0.3, -0.25) is 4.79 Å². The number of carbonyl (C=O) groups excluding carboxylic acids is 1. The predicted molar refractivity (Wildman–Crippen MR) is 148 cm³/mol. The fourth-order valence-electron chi connectivity index (χ4n) is 4.48. The Balaban J connectivity index is 1.79. The molecule has 0 radical (unpaired) electrons. The summed E-state index contributed by atoms with van der Waals surface area (Å²) in [5, 5.41) is 3.51. The summed E-state index contributed by atoms with van der Waals surface area (Å²) in [6.45, 7) is 2.47. The van der Waals surface area contributed by atoms with Gasteiger partial charge in [0.05, 0.1) is 10.5 Å². The molecule has 0 saturated heterocycles. The van der Waals surface area contributed by atoms with Crippen molar-refractivity contribution in [1.82, 2.24) is 4.57 Å². The van der Waals surface area contributed by atoms with E-state index in [1.165, 1.54) is 10.8 Å². The van der Waals surface area contributed by atoms with Crippen LogP contribution in [0.15, 0.2) is 83.8 Å². The summed E-state index contributed by atoms with van der Waals surface area (Å²) in [4.78, 5) is 13.3. The van der Waals surface area contributed by atoms with E-state index in [2.05, 4.69) is 59.4 Å². The Bertz CT molecular complexity index is 1560. The van der Waals surface area contributed by atoms with Crippen LogP contribution in [0.1, 0.15) is 18.9 Å². The zero-order valence-corrected chi connectivity index (χ0v) is 21.7. The van der Waals surface area contributed by atoms with E-state index < -0.39 is 0 Å². The van der Waals surface area contributed by atoms with Gasteiger partial charge in [-0.15, -0.1) is 11.8 Å². The highest BCUT2D eigenvalue weighted by Crippen LogP contribution is 2.45. The van der Waals surface area contributed by atoms with Gasteiger partial charge in [0, 0.05) is 50.3 Å². The Morgan fingerprint density at radius 3 is 2.40 bits per heavy atom. The Labute approximate surface area is 218 Å². The van der Waals surface area contributed by atoms with Crippen LogP contribution in [-0.4, -0.2) is 16.8 Å². The number of benzene rings is 4. The highest BCUT2D eigenvalue weighted by molar-refractivity contribution is 7.99. The van der Waals surface area contributed by atoms with Gasteiger partial charge < -0.3 is 9.30 Å². The van der Waals surface area contributed by atoms with Gasteiger partial charge in [0.1, 0.15) is 0 Å². The second kappa shape index (κ2) is 9.98. The van der Waals surface area contributed by atoms with E-state index in [0.29, 0.717) is 17.3 Å². The molecule has 35 heavy (non-hydrogen) atoms. The van der Waals surface area contributed by atoms with Crippen molar-refractivity contribution in [1.29, 1.82) is 0 Å². The average Bonchev–Trinajstić information content (AvgIpc) is 3.19. The first-order valence-electron chi connectivity index (χ1n) is 11.3. The minimum Gasteiger partial charge on any atom is -0.424 e. The maximum Gasteiger partial charge on any atom is 0.310 e. The van der Waals surface area contributed by atoms with E-state index in [4.69, 9.17) is 27.9 Å². The normalized spacial score (nSPS) is 11.3. The Hall–Kier alpha value is -2.92. The van der Waals surface area contributed by atoms with Gasteiger partial charge >= 0.3 is 5.97 Å². The van der Waals surface area contributed by atoms with Crippen molar-refractivity contribution in [2.24, 2.45) is 0 Å². The molecule has 1 heterocycles. The Morgan fingerprint density at radius 1 is 0.886 bits per heavy atom. The van der Waals surface area contributed by atoms with Crippen LogP contribution in [0.2, 0.25) is 10.0 Å². The molecule has 5 rings (SSSR count). The van der Waals surface area contributed by atoms with E-state index in [-0.39, 0.29) is 12.4 Å². The third kappa shape index (κ3) is 4.42. The first-order valence-corrected chi connectivity index (χ1v) is 13.3. The number of hydrogen-bond acceptors (Lipinski definition) is 3. The minimum atomic E-state index is -0.317. The van der Waals surface area contributed by atoms with Gasteiger partial charge in [-0.2, -0.15) is 0 Å². The van der Waals surface area contributed by atoms with E-state index >= 15 is 0 Å². The second-order valence-electron chi connectivity index (χ2n) is 8.22. The largest absolute Gasteiger partial charge is 0.424 e. The molecule has 0 unspecified atom stereocenters.